The van der Waals surface area contributed by atoms with E-state index in [1.54, 1.807) is 6.07 Å². The average molecular weight is 197 g/mol. The number of rotatable bonds is 3. The van der Waals surface area contributed by atoms with E-state index in [9.17, 15) is 9.90 Å². The summed E-state index contributed by atoms with van der Waals surface area (Å²) >= 11 is 4.08. The SMILES string of the molecule is COc1cc(C(=O)[O-])ccc1CS. The third kappa shape index (κ3) is 2.15. The predicted molar refractivity (Wildman–Crippen MR) is 50.0 cm³/mol. The molecule has 0 aliphatic rings. The molecule has 70 valence electrons. The van der Waals surface area contributed by atoms with E-state index < -0.39 is 5.97 Å². The highest BCUT2D eigenvalue weighted by Crippen LogP contribution is 2.21. The first kappa shape index (κ1) is 9.92. The van der Waals surface area contributed by atoms with Crippen LogP contribution in [0.25, 0.3) is 0 Å². The first-order valence-electron chi connectivity index (χ1n) is 3.68. The van der Waals surface area contributed by atoms with Crippen LogP contribution in [0, 0.1) is 0 Å². The summed E-state index contributed by atoms with van der Waals surface area (Å²) in [5.74, 6) is -0.169. The number of carbonyl (C=O) groups excluding carboxylic acids is 1. The van der Waals surface area contributed by atoms with Crippen molar-refractivity contribution in [3.8, 4) is 5.75 Å². The van der Waals surface area contributed by atoms with Crippen LogP contribution >= 0.6 is 12.6 Å². The number of aromatic carboxylic acids is 1. The Bertz CT molecular complexity index is 323. The molecule has 0 aromatic heterocycles. The Hall–Kier alpha value is -1.16. The highest BCUT2D eigenvalue weighted by molar-refractivity contribution is 7.79. The van der Waals surface area contributed by atoms with Crippen LogP contribution in [0.4, 0.5) is 0 Å². The number of hydrogen-bond acceptors (Lipinski definition) is 4. The second-order valence-corrected chi connectivity index (χ2v) is 2.79. The Labute approximate surface area is 81.8 Å². The molecule has 0 N–H and O–H groups in total. The van der Waals surface area contributed by atoms with E-state index in [2.05, 4.69) is 12.6 Å². The molecule has 0 atom stereocenters. The minimum atomic E-state index is -1.20. The number of carbonyl (C=O) groups is 1. The third-order valence-corrected chi connectivity index (χ3v) is 2.03. The van der Waals surface area contributed by atoms with Crippen molar-refractivity contribution in [2.24, 2.45) is 0 Å². The zero-order valence-corrected chi connectivity index (χ0v) is 8.01. The number of ether oxygens (including phenoxy) is 1. The highest BCUT2D eigenvalue weighted by atomic mass is 32.1. The normalized spacial score (nSPS) is 9.69. The van der Waals surface area contributed by atoms with Gasteiger partial charge in [-0.15, -0.1) is 0 Å². The minimum absolute atomic E-state index is 0.113. The van der Waals surface area contributed by atoms with E-state index in [0.717, 1.165) is 5.56 Å². The van der Waals surface area contributed by atoms with Gasteiger partial charge in [0.1, 0.15) is 5.75 Å². The number of benzene rings is 1. The zero-order chi connectivity index (χ0) is 9.84. The molecular weight excluding hydrogens is 188 g/mol. The molecule has 0 bridgehead atoms. The Balaban J connectivity index is 3.13. The van der Waals surface area contributed by atoms with Gasteiger partial charge in [-0.05, 0) is 6.07 Å². The van der Waals surface area contributed by atoms with Gasteiger partial charge in [-0.3, -0.25) is 0 Å². The monoisotopic (exact) mass is 197 g/mol. The highest BCUT2D eigenvalue weighted by Gasteiger charge is 2.02. The van der Waals surface area contributed by atoms with Crippen LogP contribution in [0.5, 0.6) is 5.75 Å². The number of thiol groups is 1. The fourth-order valence-electron chi connectivity index (χ4n) is 1.00. The van der Waals surface area contributed by atoms with Crippen molar-refractivity contribution >= 4 is 18.6 Å². The molecular formula is C9H9O3S-. The van der Waals surface area contributed by atoms with Crippen LogP contribution in [-0.2, 0) is 5.75 Å². The smallest absolute Gasteiger partial charge is 0.123 e. The summed E-state index contributed by atoms with van der Waals surface area (Å²) in [4.78, 5) is 10.5. The van der Waals surface area contributed by atoms with Gasteiger partial charge in [-0.1, -0.05) is 12.1 Å². The largest absolute Gasteiger partial charge is 0.545 e. The first-order chi connectivity index (χ1) is 6.19. The Morgan fingerprint density at radius 1 is 1.62 bits per heavy atom. The molecule has 13 heavy (non-hydrogen) atoms. The van der Waals surface area contributed by atoms with Crippen molar-refractivity contribution < 1.29 is 14.6 Å². The maximum absolute atomic E-state index is 10.5. The van der Waals surface area contributed by atoms with Crippen LogP contribution in [0.15, 0.2) is 18.2 Å². The summed E-state index contributed by atoms with van der Waals surface area (Å²) in [6.07, 6.45) is 0. The van der Waals surface area contributed by atoms with Gasteiger partial charge >= 0.3 is 0 Å². The van der Waals surface area contributed by atoms with Crippen LogP contribution in [0.3, 0.4) is 0 Å². The van der Waals surface area contributed by atoms with Gasteiger partial charge in [-0.25, -0.2) is 0 Å². The molecule has 0 aliphatic carbocycles. The van der Waals surface area contributed by atoms with E-state index in [4.69, 9.17) is 4.74 Å². The topological polar surface area (TPSA) is 49.4 Å². The maximum atomic E-state index is 10.5. The fourth-order valence-corrected chi connectivity index (χ4v) is 1.26. The Morgan fingerprint density at radius 2 is 2.31 bits per heavy atom. The summed E-state index contributed by atoms with van der Waals surface area (Å²) in [5, 5.41) is 10.5. The molecule has 0 fully saturated rings. The number of methoxy groups -OCH3 is 1. The molecule has 0 saturated heterocycles. The molecule has 0 amide bonds. The van der Waals surface area contributed by atoms with Crippen molar-refractivity contribution in [1.82, 2.24) is 0 Å². The average Bonchev–Trinajstić information content (AvgIpc) is 2.16. The van der Waals surface area contributed by atoms with Crippen LogP contribution in [0.1, 0.15) is 15.9 Å². The summed E-state index contributed by atoms with van der Waals surface area (Å²) in [6.45, 7) is 0. The van der Waals surface area contributed by atoms with Crippen LogP contribution in [-0.4, -0.2) is 13.1 Å². The van der Waals surface area contributed by atoms with Gasteiger partial charge in [0.2, 0.25) is 0 Å². The first-order valence-corrected chi connectivity index (χ1v) is 4.31. The van der Waals surface area contributed by atoms with Crippen molar-refractivity contribution in [3.63, 3.8) is 0 Å². The molecule has 1 rings (SSSR count). The Morgan fingerprint density at radius 3 is 2.77 bits per heavy atom. The Kier molecular flexibility index (Phi) is 3.19. The van der Waals surface area contributed by atoms with E-state index >= 15 is 0 Å². The zero-order valence-electron chi connectivity index (χ0n) is 7.11. The van der Waals surface area contributed by atoms with Gasteiger partial charge in [-0.2, -0.15) is 12.6 Å². The molecule has 0 radical (unpaired) electrons. The van der Waals surface area contributed by atoms with E-state index in [0.29, 0.717) is 11.5 Å². The van der Waals surface area contributed by atoms with E-state index in [-0.39, 0.29) is 5.56 Å². The minimum Gasteiger partial charge on any atom is -0.545 e. The van der Waals surface area contributed by atoms with E-state index in [1.165, 1.54) is 19.2 Å². The molecule has 1 aromatic rings. The molecule has 0 saturated carbocycles. The van der Waals surface area contributed by atoms with Crippen LogP contribution in [0.2, 0.25) is 0 Å². The molecule has 3 nitrogen and oxygen atoms in total. The summed E-state index contributed by atoms with van der Waals surface area (Å²) in [6, 6.07) is 4.57. The lowest BCUT2D eigenvalue weighted by Crippen LogP contribution is -2.22. The quantitative estimate of drug-likeness (QED) is 0.717. The fraction of sp³-hybridized carbons (Fsp3) is 0.222. The molecule has 0 spiro atoms. The summed E-state index contributed by atoms with van der Waals surface area (Å²) < 4.78 is 4.99. The number of carboxylic acids is 1. The van der Waals surface area contributed by atoms with Gasteiger partial charge < -0.3 is 14.6 Å². The van der Waals surface area contributed by atoms with Crippen molar-refractivity contribution in [2.75, 3.05) is 7.11 Å². The lowest BCUT2D eigenvalue weighted by atomic mass is 10.1. The number of hydrogen-bond donors (Lipinski definition) is 1. The molecule has 0 unspecified atom stereocenters. The van der Waals surface area contributed by atoms with Crippen LogP contribution < -0.4 is 9.84 Å². The predicted octanol–water partition coefficient (Wildman–Crippen LogP) is 0.488. The molecule has 1 aromatic carbocycles. The molecule has 0 heterocycles. The number of carboxylic acid groups (broad SMARTS) is 1. The van der Waals surface area contributed by atoms with Gasteiger partial charge in [0, 0.05) is 16.9 Å². The van der Waals surface area contributed by atoms with Crippen molar-refractivity contribution in [2.45, 2.75) is 5.75 Å². The maximum Gasteiger partial charge on any atom is 0.123 e. The second kappa shape index (κ2) is 4.18. The van der Waals surface area contributed by atoms with Gasteiger partial charge in [0.25, 0.3) is 0 Å². The van der Waals surface area contributed by atoms with Crippen molar-refractivity contribution in [1.29, 1.82) is 0 Å². The standard InChI is InChI=1S/C9H10O3S/c1-12-8-4-6(9(10)11)2-3-7(8)5-13/h2-4,13H,5H2,1H3,(H,10,11)/p-1. The van der Waals surface area contributed by atoms with Gasteiger partial charge in [0.15, 0.2) is 0 Å². The second-order valence-electron chi connectivity index (χ2n) is 2.47. The van der Waals surface area contributed by atoms with Gasteiger partial charge in [0.05, 0.1) is 13.1 Å². The summed E-state index contributed by atoms with van der Waals surface area (Å²) in [5.41, 5.74) is 0.971. The molecule has 0 aliphatic heterocycles. The molecule has 4 heteroatoms. The lowest BCUT2D eigenvalue weighted by molar-refractivity contribution is -0.255. The van der Waals surface area contributed by atoms with E-state index in [1.807, 2.05) is 0 Å². The lowest BCUT2D eigenvalue weighted by Gasteiger charge is -2.09. The third-order valence-electron chi connectivity index (χ3n) is 1.69. The summed E-state index contributed by atoms with van der Waals surface area (Å²) in [7, 11) is 1.49. The van der Waals surface area contributed by atoms with Crippen molar-refractivity contribution in [3.05, 3.63) is 29.3 Å².